The lowest BCUT2D eigenvalue weighted by atomic mass is 10.1. The molecule has 90 valence electrons. The number of halogens is 2. The molecule has 0 aliphatic rings. The zero-order chi connectivity index (χ0) is 12.0. The van der Waals surface area contributed by atoms with Gasteiger partial charge in [0.1, 0.15) is 0 Å². The van der Waals surface area contributed by atoms with Crippen LogP contribution in [-0.2, 0) is 4.74 Å². The number of hydrogen-bond donors (Lipinski definition) is 1. The van der Waals surface area contributed by atoms with Crippen LogP contribution in [0.5, 0.6) is 0 Å². The van der Waals surface area contributed by atoms with Crippen molar-refractivity contribution in [2.75, 3.05) is 20.3 Å². The van der Waals surface area contributed by atoms with Crippen molar-refractivity contribution in [3.63, 3.8) is 0 Å². The van der Waals surface area contributed by atoms with Gasteiger partial charge < -0.3 is 10.1 Å². The second-order valence-corrected chi connectivity index (χ2v) is 4.43. The Bertz CT molecular complexity index is 331. The SMILES string of the molecule is CCCOCC(NC)c1cc(Cl)ccc1Cl. The molecule has 0 aliphatic heterocycles. The van der Waals surface area contributed by atoms with Gasteiger partial charge in [-0.1, -0.05) is 30.1 Å². The van der Waals surface area contributed by atoms with Crippen LogP contribution in [0.25, 0.3) is 0 Å². The molecule has 4 heteroatoms. The van der Waals surface area contributed by atoms with Crippen molar-refractivity contribution in [2.45, 2.75) is 19.4 Å². The molecule has 0 saturated carbocycles. The highest BCUT2D eigenvalue weighted by Gasteiger charge is 2.13. The van der Waals surface area contributed by atoms with Crippen LogP contribution in [0.4, 0.5) is 0 Å². The fourth-order valence-corrected chi connectivity index (χ4v) is 1.89. The predicted molar refractivity (Wildman–Crippen MR) is 69.4 cm³/mol. The second kappa shape index (κ2) is 7.13. The molecular formula is C12H17Cl2NO. The summed E-state index contributed by atoms with van der Waals surface area (Å²) in [5, 5.41) is 4.58. The third-order valence-electron chi connectivity index (χ3n) is 2.31. The van der Waals surface area contributed by atoms with E-state index < -0.39 is 0 Å². The van der Waals surface area contributed by atoms with Crippen molar-refractivity contribution < 1.29 is 4.74 Å². The first-order valence-electron chi connectivity index (χ1n) is 5.39. The lowest BCUT2D eigenvalue weighted by Crippen LogP contribution is -2.22. The zero-order valence-electron chi connectivity index (χ0n) is 9.59. The van der Waals surface area contributed by atoms with Gasteiger partial charge in [-0.3, -0.25) is 0 Å². The first kappa shape index (κ1) is 13.8. The Kier molecular flexibility index (Phi) is 6.14. The maximum atomic E-state index is 6.13. The third-order valence-corrected chi connectivity index (χ3v) is 2.89. The minimum Gasteiger partial charge on any atom is -0.379 e. The van der Waals surface area contributed by atoms with Crippen LogP contribution >= 0.6 is 23.2 Å². The van der Waals surface area contributed by atoms with Gasteiger partial charge in [0, 0.05) is 16.7 Å². The molecule has 1 N–H and O–H groups in total. The van der Waals surface area contributed by atoms with E-state index in [4.69, 9.17) is 27.9 Å². The maximum Gasteiger partial charge on any atom is 0.0661 e. The molecule has 0 spiro atoms. The normalized spacial score (nSPS) is 12.8. The number of likely N-dealkylation sites (N-methyl/N-ethyl adjacent to an activating group) is 1. The summed E-state index contributed by atoms with van der Waals surface area (Å²) < 4.78 is 5.52. The monoisotopic (exact) mass is 261 g/mol. The molecule has 1 atom stereocenters. The summed E-state index contributed by atoms with van der Waals surface area (Å²) in [4.78, 5) is 0. The average molecular weight is 262 g/mol. The molecular weight excluding hydrogens is 245 g/mol. The van der Waals surface area contributed by atoms with Gasteiger partial charge >= 0.3 is 0 Å². The minimum atomic E-state index is 0.0812. The summed E-state index contributed by atoms with van der Waals surface area (Å²) in [5.41, 5.74) is 0.979. The van der Waals surface area contributed by atoms with Crippen molar-refractivity contribution in [3.05, 3.63) is 33.8 Å². The lowest BCUT2D eigenvalue weighted by molar-refractivity contribution is 0.114. The standard InChI is InChI=1S/C12H17Cl2NO/c1-3-6-16-8-12(15-2)10-7-9(13)4-5-11(10)14/h4-5,7,12,15H,3,6,8H2,1-2H3. The molecule has 0 amide bonds. The average Bonchev–Trinajstić information content (AvgIpc) is 2.28. The summed E-state index contributed by atoms with van der Waals surface area (Å²) in [6.07, 6.45) is 1.01. The molecule has 0 aliphatic carbocycles. The number of benzene rings is 1. The Hall–Kier alpha value is -0.280. The van der Waals surface area contributed by atoms with Crippen LogP contribution in [0.2, 0.25) is 10.0 Å². The van der Waals surface area contributed by atoms with Crippen molar-refractivity contribution in [1.82, 2.24) is 5.32 Å². The second-order valence-electron chi connectivity index (χ2n) is 3.58. The summed E-state index contributed by atoms with van der Waals surface area (Å²) in [6.45, 7) is 3.45. The van der Waals surface area contributed by atoms with Gasteiger partial charge in [-0.25, -0.2) is 0 Å². The molecule has 1 unspecified atom stereocenters. The van der Waals surface area contributed by atoms with Crippen LogP contribution < -0.4 is 5.32 Å². The Labute approximate surface area is 107 Å². The van der Waals surface area contributed by atoms with Crippen LogP contribution in [0.1, 0.15) is 24.9 Å². The fourth-order valence-electron chi connectivity index (χ4n) is 1.46. The number of hydrogen-bond acceptors (Lipinski definition) is 2. The van der Waals surface area contributed by atoms with E-state index in [1.807, 2.05) is 19.2 Å². The van der Waals surface area contributed by atoms with Crippen molar-refractivity contribution >= 4 is 23.2 Å². The van der Waals surface area contributed by atoms with Crippen molar-refractivity contribution in [3.8, 4) is 0 Å². The van der Waals surface area contributed by atoms with Gasteiger partial charge in [-0.2, -0.15) is 0 Å². The maximum absolute atomic E-state index is 6.13. The molecule has 0 fully saturated rings. The van der Waals surface area contributed by atoms with Gasteiger partial charge in [0.2, 0.25) is 0 Å². The highest BCUT2D eigenvalue weighted by Crippen LogP contribution is 2.26. The minimum absolute atomic E-state index is 0.0812. The predicted octanol–water partition coefficient (Wildman–Crippen LogP) is 3.68. The highest BCUT2D eigenvalue weighted by molar-refractivity contribution is 6.33. The molecule has 16 heavy (non-hydrogen) atoms. The molecule has 0 saturated heterocycles. The Morgan fingerprint density at radius 3 is 2.75 bits per heavy atom. The summed E-state index contributed by atoms with van der Waals surface area (Å²) >= 11 is 12.1. The molecule has 1 aromatic rings. The molecule has 2 nitrogen and oxygen atoms in total. The van der Waals surface area contributed by atoms with Gasteiger partial charge in [0.25, 0.3) is 0 Å². The fraction of sp³-hybridized carbons (Fsp3) is 0.500. The first-order valence-corrected chi connectivity index (χ1v) is 6.14. The smallest absolute Gasteiger partial charge is 0.0661 e. The van der Waals surface area contributed by atoms with E-state index in [-0.39, 0.29) is 6.04 Å². The summed E-state index contributed by atoms with van der Waals surface area (Å²) in [6, 6.07) is 5.55. The Morgan fingerprint density at radius 2 is 2.12 bits per heavy atom. The van der Waals surface area contributed by atoms with Crippen LogP contribution in [0.3, 0.4) is 0 Å². The zero-order valence-corrected chi connectivity index (χ0v) is 11.1. The molecule has 0 radical (unpaired) electrons. The van der Waals surface area contributed by atoms with Gasteiger partial charge in [-0.05, 0) is 37.2 Å². The lowest BCUT2D eigenvalue weighted by Gasteiger charge is -2.18. The van der Waals surface area contributed by atoms with Crippen LogP contribution in [-0.4, -0.2) is 20.3 Å². The van der Waals surface area contributed by atoms with Crippen molar-refractivity contribution in [1.29, 1.82) is 0 Å². The first-order chi connectivity index (χ1) is 7.69. The van der Waals surface area contributed by atoms with E-state index in [0.29, 0.717) is 16.7 Å². The molecule has 1 aromatic carbocycles. The van der Waals surface area contributed by atoms with Gasteiger partial charge in [0.05, 0.1) is 12.6 Å². The van der Waals surface area contributed by atoms with Crippen LogP contribution in [0, 0.1) is 0 Å². The largest absolute Gasteiger partial charge is 0.379 e. The van der Waals surface area contributed by atoms with E-state index in [1.165, 1.54) is 0 Å². The van der Waals surface area contributed by atoms with Gasteiger partial charge in [0.15, 0.2) is 0 Å². The Balaban J connectivity index is 2.73. The number of rotatable bonds is 6. The molecule has 1 rings (SSSR count). The number of ether oxygens (including phenoxy) is 1. The van der Waals surface area contributed by atoms with E-state index >= 15 is 0 Å². The topological polar surface area (TPSA) is 21.3 Å². The van der Waals surface area contributed by atoms with Crippen LogP contribution in [0.15, 0.2) is 18.2 Å². The van der Waals surface area contributed by atoms with E-state index in [1.54, 1.807) is 6.07 Å². The summed E-state index contributed by atoms with van der Waals surface area (Å²) in [5.74, 6) is 0. The van der Waals surface area contributed by atoms with E-state index in [0.717, 1.165) is 18.6 Å². The van der Waals surface area contributed by atoms with E-state index in [2.05, 4.69) is 12.2 Å². The van der Waals surface area contributed by atoms with E-state index in [9.17, 15) is 0 Å². The molecule has 0 heterocycles. The number of nitrogens with one attached hydrogen (secondary N) is 1. The third kappa shape index (κ3) is 3.95. The van der Waals surface area contributed by atoms with Crippen molar-refractivity contribution in [2.24, 2.45) is 0 Å². The quantitative estimate of drug-likeness (QED) is 0.789. The van der Waals surface area contributed by atoms with Gasteiger partial charge in [-0.15, -0.1) is 0 Å². The molecule has 0 bridgehead atoms. The summed E-state index contributed by atoms with van der Waals surface area (Å²) in [7, 11) is 1.89. The highest BCUT2D eigenvalue weighted by atomic mass is 35.5. The Morgan fingerprint density at radius 1 is 1.38 bits per heavy atom. The molecule has 0 aromatic heterocycles.